The van der Waals surface area contributed by atoms with E-state index in [-0.39, 0.29) is 0 Å². The smallest absolute Gasteiger partial charge is 0.240 e. The number of hydrogen-bond donors (Lipinski definition) is 1. The second-order valence-electron chi connectivity index (χ2n) is 4.71. The molecule has 0 radical (unpaired) electrons. The first-order valence-corrected chi connectivity index (χ1v) is 7.85. The summed E-state index contributed by atoms with van der Waals surface area (Å²) in [5.41, 5.74) is 0.783. The summed E-state index contributed by atoms with van der Waals surface area (Å²) in [6.45, 7) is 5.27. The molecule has 1 aromatic rings. The Hall–Kier alpha value is -0.910. The number of nitrogens with one attached hydrogen (secondary N) is 1. The average molecular weight is 268 g/mol. The molecule has 1 aromatic carbocycles. The third kappa shape index (κ3) is 3.31. The molecular formula is C13H20N2O2S. The van der Waals surface area contributed by atoms with E-state index >= 15 is 0 Å². The second kappa shape index (κ2) is 5.82. The lowest BCUT2D eigenvalue weighted by atomic mass is 10.2. The molecule has 0 amide bonds. The van der Waals surface area contributed by atoms with Gasteiger partial charge in [0.2, 0.25) is 10.0 Å². The minimum absolute atomic E-state index is 0.381. The highest BCUT2D eigenvalue weighted by atomic mass is 32.2. The van der Waals surface area contributed by atoms with Gasteiger partial charge in [-0.15, -0.1) is 0 Å². The standard InChI is InChI=1S/C13H20N2O2S/c1-12-6-2-3-7-13(12)18(16,17)14-8-11-15-9-4-5-10-15/h2-3,6-7,14H,4-5,8-11H2,1H3. The fourth-order valence-corrected chi connectivity index (χ4v) is 3.55. The van der Waals surface area contributed by atoms with Crippen LogP contribution in [0.3, 0.4) is 0 Å². The molecule has 1 heterocycles. The third-order valence-corrected chi connectivity index (χ3v) is 4.92. The van der Waals surface area contributed by atoms with Crippen LogP contribution in [0, 0.1) is 6.92 Å². The molecule has 0 spiro atoms. The van der Waals surface area contributed by atoms with Gasteiger partial charge in [-0.25, -0.2) is 13.1 Å². The average Bonchev–Trinajstić information content (AvgIpc) is 2.82. The van der Waals surface area contributed by atoms with E-state index < -0.39 is 10.0 Å². The Morgan fingerprint density at radius 2 is 1.89 bits per heavy atom. The van der Waals surface area contributed by atoms with Gasteiger partial charge in [0, 0.05) is 13.1 Å². The number of sulfonamides is 1. The maximum atomic E-state index is 12.1. The third-order valence-electron chi connectivity index (χ3n) is 3.30. The van der Waals surface area contributed by atoms with Crippen LogP contribution in [0.5, 0.6) is 0 Å². The van der Waals surface area contributed by atoms with E-state index in [4.69, 9.17) is 0 Å². The normalized spacial score (nSPS) is 17.2. The highest BCUT2D eigenvalue weighted by Gasteiger charge is 2.17. The van der Waals surface area contributed by atoms with Gasteiger partial charge in [0.05, 0.1) is 4.90 Å². The molecule has 4 nitrogen and oxygen atoms in total. The van der Waals surface area contributed by atoms with Gasteiger partial charge in [0.15, 0.2) is 0 Å². The molecule has 0 unspecified atom stereocenters. The maximum absolute atomic E-state index is 12.1. The Kier molecular flexibility index (Phi) is 4.37. The fourth-order valence-electron chi connectivity index (χ4n) is 2.28. The van der Waals surface area contributed by atoms with Crippen molar-refractivity contribution in [2.24, 2.45) is 0 Å². The van der Waals surface area contributed by atoms with Crippen molar-refractivity contribution in [2.75, 3.05) is 26.2 Å². The monoisotopic (exact) mass is 268 g/mol. The molecule has 1 aliphatic rings. The first kappa shape index (κ1) is 13.5. The number of likely N-dealkylation sites (tertiary alicyclic amines) is 1. The molecule has 1 saturated heterocycles. The molecular weight excluding hydrogens is 248 g/mol. The lowest BCUT2D eigenvalue weighted by Gasteiger charge is -2.15. The molecule has 1 aliphatic heterocycles. The second-order valence-corrected chi connectivity index (χ2v) is 6.45. The molecule has 0 aliphatic carbocycles. The molecule has 1 N–H and O–H groups in total. The van der Waals surface area contributed by atoms with Crippen molar-refractivity contribution < 1.29 is 8.42 Å². The molecule has 0 aromatic heterocycles. The van der Waals surface area contributed by atoms with E-state index in [1.54, 1.807) is 12.1 Å². The van der Waals surface area contributed by atoms with E-state index in [9.17, 15) is 8.42 Å². The first-order chi connectivity index (χ1) is 8.59. The summed E-state index contributed by atoms with van der Waals surface area (Å²) < 4.78 is 26.9. The molecule has 100 valence electrons. The van der Waals surface area contributed by atoms with Crippen LogP contribution >= 0.6 is 0 Å². The largest absolute Gasteiger partial charge is 0.302 e. The van der Waals surface area contributed by atoms with Crippen molar-refractivity contribution in [3.8, 4) is 0 Å². The van der Waals surface area contributed by atoms with Crippen molar-refractivity contribution in [1.82, 2.24) is 9.62 Å². The SMILES string of the molecule is Cc1ccccc1S(=O)(=O)NCCN1CCCC1. The van der Waals surface area contributed by atoms with Gasteiger partial charge in [-0.1, -0.05) is 18.2 Å². The Bertz CT molecular complexity index is 493. The summed E-state index contributed by atoms with van der Waals surface area (Å²) in [6.07, 6.45) is 2.45. The molecule has 0 atom stereocenters. The molecule has 5 heteroatoms. The minimum Gasteiger partial charge on any atom is -0.302 e. The van der Waals surface area contributed by atoms with Gasteiger partial charge in [-0.3, -0.25) is 0 Å². The summed E-state index contributed by atoms with van der Waals surface area (Å²) in [4.78, 5) is 2.67. The van der Waals surface area contributed by atoms with Gasteiger partial charge >= 0.3 is 0 Å². The van der Waals surface area contributed by atoms with E-state index in [1.165, 1.54) is 12.8 Å². The number of aryl methyl sites for hydroxylation is 1. The summed E-state index contributed by atoms with van der Waals surface area (Å²) in [5, 5.41) is 0. The lowest BCUT2D eigenvalue weighted by Crippen LogP contribution is -2.33. The zero-order valence-corrected chi connectivity index (χ0v) is 11.5. The zero-order chi connectivity index (χ0) is 13.0. The first-order valence-electron chi connectivity index (χ1n) is 6.37. The highest BCUT2D eigenvalue weighted by Crippen LogP contribution is 2.13. The van der Waals surface area contributed by atoms with E-state index in [0.717, 1.165) is 25.2 Å². The summed E-state index contributed by atoms with van der Waals surface area (Å²) in [7, 11) is -3.36. The predicted molar refractivity (Wildman–Crippen MR) is 72.0 cm³/mol. The molecule has 0 bridgehead atoms. The summed E-state index contributed by atoms with van der Waals surface area (Å²) in [5.74, 6) is 0. The van der Waals surface area contributed by atoms with Gasteiger partial charge in [-0.2, -0.15) is 0 Å². The van der Waals surface area contributed by atoms with Crippen LogP contribution in [0.1, 0.15) is 18.4 Å². The zero-order valence-electron chi connectivity index (χ0n) is 10.7. The Balaban J connectivity index is 1.93. The Morgan fingerprint density at radius 3 is 2.56 bits per heavy atom. The van der Waals surface area contributed by atoms with Crippen molar-refractivity contribution >= 4 is 10.0 Å². The van der Waals surface area contributed by atoms with Crippen LogP contribution in [0.15, 0.2) is 29.2 Å². The van der Waals surface area contributed by atoms with Gasteiger partial charge < -0.3 is 4.90 Å². The highest BCUT2D eigenvalue weighted by molar-refractivity contribution is 7.89. The fraction of sp³-hybridized carbons (Fsp3) is 0.538. The number of rotatable bonds is 5. The van der Waals surface area contributed by atoms with E-state index in [2.05, 4.69) is 9.62 Å². The number of nitrogens with zero attached hydrogens (tertiary/aromatic N) is 1. The van der Waals surface area contributed by atoms with Crippen LogP contribution < -0.4 is 4.72 Å². The Morgan fingerprint density at radius 1 is 1.22 bits per heavy atom. The quantitative estimate of drug-likeness (QED) is 0.877. The van der Waals surface area contributed by atoms with Gasteiger partial charge in [0.25, 0.3) is 0 Å². The van der Waals surface area contributed by atoms with Crippen molar-refractivity contribution in [1.29, 1.82) is 0 Å². The van der Waals surface area contributed by atoms with Gasteiger partial charge in [-0.05, 0) is 44.5 Å². The molecule has 18 heavy (non-hydrogen) atoms. The lowest BCUT2D eigenvalue weighted by molar-refractivity contribution is 0.344. The number of benzene rings is 1. The van der Waals surface area contributed by atoms with E-state index in [0.29, 0.717) is 11.4 Å². The van der Waals surface area contributed by atoms with Crippen LogP contribution in [0.4, 0.5) is 0 Å². The summed E-state index contributed by atoms with van der Waals surface area (Å²) >= 11 is 0. The van der Waals surface area contributed by atoms with Crippen molar-refractivity contribution in [2.45, 2.75) is 24.7 Å². The topological polar surface area (TPSA) is 49.4 Å². The molecule has 1 fully saturated rings. The Labute approximate surface area is 109 Å². The number of hydrogen-bond acceptors (Lipinski definition) is 3. The van der Waals surface area contributed by atoms with Crippen molar-refractivity contribution in [3.05, 3.63) is 29.8 Å². The summed E-state index contributed by atoms with van der Waals surface area (Å²) in [6, 6.07) is 7.06. The maximum Gasteiger partial charge on any atom is 0.240 e. The van der Waals surface area contributed by atoms with Crippen LogP contribution in [-0.2, 0) is 10.0 Å². The van der Waals surface area contributed by atoms with Crippen LogP contribution in [-0.4, -0.2) is 39.5 Å². The van der Waals surface area contributed by atoms with Gasteiger partial charge in [0.1, 0.15) is 0 Å². The van der Waals surface area contributed by atoms with Crippen LogP contribution in [0.2, 0.25) is 0 Å². The predicted octanol–water partition coefficient (Wildman–Crippen LogP) is 1.37. The van der Waals surface area contributed by atoms with E-state index in [1.807, 2.05) is 19.1 Å². The van der Waals surface area contributed by atoms with Crippen LogP contribution in [0.25, 0.3) is 0 Å². The molecule has 2 rings (SSSR count). The minimum atomic E-state index is -3.36. The van der Waals surface area contributed by atoms with Crippen molar-refractivity contribution in [3.63, 3.8) is 0 Å². The molecule has 0 saturated carbocycles.